The lowest BCUT2D eigenvalue weighted by Crippen LogP contribution is -2.07. The number of hydrogen-bond acceptors (Lipinski definition) is 2. The number of para-hydroxylation sites is 2. The van der Waals surface area contributed by atoms with Crippen molar-refractivity contribution in [1.82, 2.24) is 9.55 Å². The number of hydrogen-bond donors (Lipinski definition) is 0. The van der Waals surface area contributed by atoms with Gasteiger partial charge in [0.15, 0.2) is 11.6 Å². The predicted molar refractivity (Wildman–Crippen MR) is 71.6 cm³/mol. The summed E-state index contributed by atoms with van der Waals surface area (Å²) in [7, 11) is 0. The molecular formula is C15H12F2N2O. The van der Waals surface area contributed by atoms with Crippen LogP contribution in [0.4, 0.5) is 8.78 Å². The molecule has 0 saturated carbocycles. The van der Waals surface area contributed by atoms with Crippen LogP contribution in [0.1, 0.15) is 0 Å². The Morgan fingerprint density at radius 3 is 2.75 bits per heavy atom. The third-order valence-corrected chi connectivity index (χ3v) is 3.02. The highest BCUT2D eigenvalue weighted by molar-refractivity contribution is 5.74. The van der Waals surface area contributed by atoms with Crippen molar-refractivity contribution in [2.24, 2.45) is 0 Å². The number of fused-ring (bicyclic) bond motifs is 1. The van der Waals surface area contributed by atoms with E-state index in [1.54, 1.807) is 6.33 Å². The Hall–Kier alpha value is -2.43. The van der Waals surface area contributed by atoms with E-state index in [-0.39, 0.29) is 0 Å². The van der Waals surface area contributed by atoms with Gasteiger partial charge in [0.25, 0.3) is 0 Å². The lowest BCUT2D eigenvalue weighted by atomic mass is 10.3. The molecule has 0 radical (unpaired) electrons. The zero-order chi connectivity index (χ0) is 13.9. The average molecular weight is 274 g/mol. The second-order valence-corrected chi connectivity index (χ2v) is 4.35. The number of ether oxygens (including phenoxy) is 1. The summed E-state index contributed by atoms with van der Waals surface area (Å²) in [4.78, 5) is 4.27. The van der Waals surface area contributed by atoms with Gasteiger partial charge in [0.1, 0.15) is 12.4 Å². The standard InChI is InChI=1S/C15H12F2N2O/c16-12-6-5-11(9-13(12)17)20-8-7-19-10-18-14-3-1-2-4-15(14)19/h1-6,9-10H,7-8H2. The smallest absolute Gasteiger partial charge is 0.162 e. The van der Waals surface area contributed by atoms with Crippen LogP contribution in [0.3, 0.4) is 0 Å². The fraction of sp³-hybridized carbons (Fsp3) is 0.133. The van der Waals surface area contributed by atoms with Crippen LogP contribution >= 0.6 is 0 Å². The van der Waals surface area contributed by atoms with E-state index in [0.717, 1.165) is 23.2 Å². The molecule has 0 fully saturated rings. The topological polar surface area (TPSA) is 27.1 Å². The van der Waals surface area contributed by atoms with Gasteiger partial charge in [-0.15, -0.1) is 0 Å². The summed E-state index contributed by atoms with van der Waals surface area (Å²) in [6.07, 6.45) is 1.74. The lowest BCUT2D eigenvalue weighted by Gasteiger charge is -2.08. The monoisotopic (exact) mass is 274 g/mol. The molecule has 0 unspecified atom stereocenters. The first-order valence-corrected chi connectivity index (χ1v) is 6.22. The molecule has 3 nitrogen and oxygen atoms in total. The second-order valence-electron chi connectivity index (χ2n) is 4.35. The molecular weight excluding hydrogens is 262 g/mol. The van der Waals surface area contributed by atoms with Gasteiger partial charge >= 0.3 is 0 Å². The van der Waals surface area contributed by atoms with Crippen molar-refractivity contribution in [1.29, 1.82) is 0 Å². The maximum Gasteiger partial charge on any atom is 0.162 e. The van der Waals surface area contributed by atoms with Crippen LogP contribution in [-0.2, 0) is 6.54 Å². The largest absolute Gasteiger partial charge is 0.492 e. The molecule has 1 heterocycles. The van der Waals surface area contributed by atoms with E-state index in [1.807, 2.05) is 28.8 Å². The number of aromatic nitrogens is 2. The van der Waals surface area contributed by atoms with Gasteiger partial charge in [0, 0.05) is 6.07 Å². The quantitative estimate of drug-likeness (QED) is 0.729. The van der Waals surface area contributed by atoms with Crippen LogP contribution in [0, 0.1) is 11.6 Å². The summed E-state index contributed by atoms with van der Waals surface area (Å²) >= 11 is 0. The van der Waals surface area contributed by atoms with Gasteiger partial charge in [-0.1, -0.05) is 12.1 Å². The second kappa shape index (κ2) is 5.28. The zero-order valence-electron chi connectivity index (χ0n) is 10.6. The maximum atomic E-state index is 13.0. The van der Waals surface area contributed by atoms with Crippen molar-refractivity contribution in [3.63, 3.8) is 0 Å². The molecule has 5 heteroatoms. The molecule has 20 heavy (non-hydrogen) atoms. The first kappa shape index (κ1) is 12.6. The van der Waals surface area contributed by atoms with Gasteiger partial charge in [-0.05, 0) is 24.3 Å². The van der Waals surface area contributed by atoms with Crippen molar-refractivity contribution in [3.8, 4) is 5.75 Å². The highest BCUT2D eigenvalue weighted by Gasteiger charge is 2.04. The minimum absolute atomic E-state index is 0.313. The molecule has 0 aliphatic carbocycles. The summed E-state index contributed by atoms with van der Waals surface area (Å²) in [6.45, 7) is 0.935. The van der Waals surface area contributed by atoms with Crippen molar-refractivity contribution in [2.75, 3.05) is 6.61 Å². The zero-order valence-corrected chi connectivity index (χ0v) is 10.6. The number of imidazole rings is 1. The number of nitrogens with zero attached hydrogens (tertiary/aromatic N) is 2. The van der Waals surface area contributed by atoms with Gasteiger partial charge in [-0.2, -0.15) is 0 Å². The van der Waals surface area contributed by atoms with Gasteiger partial charge in [-0.25, -0.2) is 13.8 Å². The Morgan fingerprint density at radius 1 is 1.05 bits per heavy atom. The molecule has 102 valence electrons. The molecule has 0 N–H and O–H groups in total. The molecule has 0 aliphatic rings. The minimum atomic E-state index is -0.907. The van der Waals surface area contributed by atoms with Crippen molar-refractivity contribution in [2.45, 2.75) is 6.54 Å². The molecule has 1 aromatic heterocycles. The molecule has 0 spiro atoms. The molecule has 0 bridgehead atoms. The fourth-order valence-corrected chi connectivity index (χ4v) is 2.02. The Kier molecular flexibility index (Phi) is 3.33. The molecule has 2 aromatic carbocycles. The SMILES string of the molecule is Fc1ccc(OCCn2cnc3ccccc32)cc1F. The molecule has 3 rings (SSSR count). The van der Waals surface area contributed by atoms with Gasteiger partial charge in [0.2, 0.25) is 0 Å². The molecule has 0 amide bonds. The van der Waals surface area contributed by atoms with Crippen LogP contribution in [-0.4, -0.2) is 16.2 Å². The van der Waals surface area contributed by atoms with Gasteiger partial charge in [0.05, 0.1) is 23.9 Å². The fourth-order valence-electron chi connectivity index (χ4n) is 2.02. The van der Waals surface area contributed by atoms with E-state index in [0.29, 0.717) is 18.9 Å². The average Bonchev–Trinajstić information content (AvgIpc) is 2.86. The summed E-state index contributed by atoms with van der Waals surface area (Å²) < 4.78 is 33.2. The van der Waals surface area contributed by atoms with E-state index < -0.39 is 11.6 Å². The van der Waals surface area contributed by atoms with Crippen LogP contribution < -0.4 is 4.74 Å². The third-order valence-electron chi connectivity index (χ3n) is 3.02. The summed E-state index contributed by atoms with van der Waals surface area (Å²) in [5.41, 5.74) is 1.93. The van der Waals surface area contributed by atoms with Crippen LogP contribution in [0.5, 0.6) is 5.75 Å². The molecule has 0 saturated heterocycles. The van der Waals surface area contributed by atoms with E-state index in [2.05, 4.69) is 4.98 Å². The van der Waals surface area contributed by atoms with Crippen LogP contribution in [0.15, 0.2) is 48.8 Å². The molecule has 3 aromatic rings. The number of halogens is 2. The van der Waals surface area contributed by atoms with Gasteiger partial charge < -0.3 is 9.30 Å². The van der Waals surface area contributed by atoms with Gasteiger partial charge in [-0.3, -0.25) is 0 Å². The van der Waals surface area contributed by atoms with E-state index in [9.17, 15) is 8.78 Å². The molecule has 0 aliphatic heterocycles. The summed E-state index contributed by atoms with van der Waals surface area (Å²) in [5.74, 6) is -1.47. The van der Waals surface area contributed by atoms with E-state index >= 15 is 0 Å². The highest BCUT2D eigenvalue weighted by Crippen LogP contribution is 2.16. The lowest BCUT2D eigenvalue weighted by molar-refractivity contribution is 0.297. The number of benzene rings is 2. The summed E-state index contributed by atoms with van der Waals surface area (Å²) in [5, 5.41) is 0. The Bertz CT molecular complexity index is 740. The van der Waals surface area contributed by atoms with E-state index in [4.69, 9.17) is 4.74 Å². The third kappa shape index (κ3) is 2.47. The Balaban J connectivity index is 1.66. The normalized spacial score (nSPS) is 10.9. The first-order chi connectivity index (χ1) is 9.74. The minimum Gasteiger partial charge on any atom is -0.492 e. The van der Waals surface area contributed by atoms with E-state index in [1.165, 1.54) is 6.07 Å². The Morgan fingerprint density at radius 2 is 1.90 bits per heavy atom. The maximum absolute atomic E-state index is 13.0. The predicted octanol–water partition coefficient (Wildman–Crippen LogP) is 3.39. The summed E-state index contributed by atoms with van der Waals surface area (Å²) in [6, 6.07) is 11.3. The Labute approximate surface area is 114 Å². The van der Waals surface area contributed by atoms with Crippen molar-refractivity contribution in [3.05, 3.63) is 60.4 Å². The molecule has 0 atom stereocenters. The first-order valence-electron chi connectivity index (χ1n) is 6.22. The number of rotatable bonds is 4. The van der Waals surface area contributed by atoms with Crippen LogP contribution in [0.25, 0.3) is 11.0 Å². The van der Waals surface area contributed by atoms with Crippen molar-refractivity contribution < 1.29 is 13.5 Å². The van der Waals surface area contributed by atoms with Crippen molar-refractivity contribution >= 4 is 11.0 Å². The highest BCUT2D eigenvalue weighted by atomic mass is 19.2. The van der Waals surface area contributed by atoms with Crippen LogP contribution in [0.2, 0.25) is 0 Å².